The molecule has 4 nitrogen and oxygen atoms in total. The van der Waals surface area contributed by atoms with E-state index >= 15 is 0 Å². The van der Waals surface area contributed by atoms with Crippen molar-refractivity contribution in [1.82, 2.24) is 15.1 Å². The molecule has 2 aliphatic rings. The highest BCUT2D eigenvalue weighted by molar-refractivity contribution is 5.95. The van der Waals surface area contributed by atoms with Gasteiger partial charge in [-0.15, -0.1) is 0 Å². The van der Waals surface area contributed by atoms with Crippen molar-refractivity contribution < 1.29 is 9.18 Å². The molecule has 142 valence electrons. The normalized spacial score (nSPS) is 17.0. The second-order valence-corrected chi connectivity index (χ2v) is 7.77. The number of carbonyl (C=O) groups is 1. The van der Waals surface area contributed by atoms with Crippen LogP contribution in [-0.4, -0.2) is 15.7 Å². The van der Waals surface area contributed by atoms with Crippen LogP contribution in [0, 0.1) is 5.82 Å². The summed E-state index contributed by atoms with van der Waals surface area (Å²) in [5, 5.41) is 7.94. The molecule has 1 heterocycles. The molecule has 0 saturated heterocycles. The second kappa shape index (κ2) is 6.59. The van der Waals surface area contributed by atoms with Gasteiger partial charge in [0.25, 0.3) is 5.91 Å². The molecule has 0 bridgehead atoms. The standard InChI is InChI=1S/C23H22FN3O/c24-17-10-12-18(13-11-17)27-20-9-4-8-19(20)21(26-27)22(28)25-23(14-5-15-23)16-6-2-1-3-7-16/h1-3,6-7,10-13H,4-5,8-9,14-15H2,(H,25,28). The Morgan fingerprint density at radius 3 is 2.43 bits per heavy atom. The van der Waals surface area contributed by atoms with Gasteiger partial charge in [0.2, 0.25) is 0 Å². The van der Waals surface area contributed by atoms with Crippen molar-refractivity contribution >= 4 is 5.91 Å². The molecule has 1 aromatic heterocycles. The number of fused-ring (bicyclic) bond motifs is 1. The van der Waals surface area contributed by atoms with Gasteiger partial charge in [-0.3, -0.25) is 4.79 Å². The van der Waals surface area contributed by atoms with E-state index in [1.54, 1.807) is 12.1 Å². The maximum atomic E-state index is 13.3. The first-order valence-corrected chi connectivity index (χ1v) is 9.91. The largest absolute Gasteiger partial charge is 0.341 e. The summed E-state index contributed by atoms with van der Waals surface area (Å²) in [5.41, 5.74) is 4.27. The minimum absolute atomic E-state index is 0.109. The highest BCUT2D eigenvalue weighted by Crippen LogP contribution is 2.41. The summed E-state index contributed by atoms with van der Waals surface area (Å²) < 4.78 is 15.1. The van der Waals surface area contributed by atoms with Gasteiger partial charge < -0.3 is 5.32 Å². The Balaban J connectivity index is 1.49. The van der Waals surface area contributed by atoms with Crippen molar-refractivity contribution in [2.45, 2.75) is 44.1 Å². The molecule has 1 fully saturated rings. The molecule has 2 aromatic carbocycles. The Morgan fingerprint density at radius 2 is 1.75 bits per heavy atom. The lowest BCUT2D eigenvalue weighted by Crippen LogP contribution is -2.51. The Bertz CT molecular complexity index is 1020. The third kappa shape index (κ3) is 2.73. The number of aromatic nitrogens is 2. The average Bonchev–Trinajstić information content (AvgIpc) is 3.29. The molecule has 0 aliphatic heterocycles. The van der Waals surface area contributed by atoms with Crippen molar-refractivity contribution in [3.63, 3.8) is 0 Å². The van der Waals surface area contributed by atoms with Gasteiger partial charge in [-0.1, -0.05) is 30.3 Å². The smallest absolute Gasteiger partial charge is 0.272 e. The molecule has 1 amide bonds. The van der Waals surface area contributed by atoms with Crippen molar-refractivity contribution in [3.8, 4) is 5.69 Å². The minimum Gasteiger partial charge on any atom is -0.341 e. The molecule has 3 aromatic rings. The first-order valence-electron chi connectivity index (χ1n) is 9.91. The summed E-state index contributed by atoms with van der Waals surface area (Å²) in [6, 6.07) is 16.5. The molecule has 0 unspecified atom stereocenters. The van der Waals surface area contributed by atoms with Crippen molar-refractivity contribution in [1.29, 1.82) is 0 Å². The number of rotatable bonds is 4. The van der Waals surface area contributed by atoms with Crippen LogP contribution in [0.15, 0.2) is 54.6 Å². The Labute approximate surface area is 163 Å². The van der Waals surface area contributed by atoms with Crippen LogP contribution < -0.4 is 5.32 Å². The van der Waals surface area contributed by atoms with Gasteiger partial charge in [0.1, 0.15) is 5.82 Å². The topological polar surface area (TPSA) is 46.9 Å². The van der Waals surface area contributed by atoms with Gasteiger partial charge >= 0.3 is 0 Å². The van der Waals surface area contributed by atoms with Crippen LogP contribution in [0.2, 0.25) is 0 Å². The summed E-state index contributed by atoms with van der Waals surface area (Å²) in [7, 11) is 0. The van der Waals surface area contributed by atoms with Crippen LogP contribution in [0.1, 0.15) is 53.0 Å². The number of amides is 1. The predicted molar refractivity (Wildman–Crippen MR) is 105 cm³/mol. The molecule has 5 heteroatoms. The monoisotopic (exact) mass is 375 g/mol. The maximum Gasteiger partial charge on any atom is 0.272 e. The van der Waals surface area contributed by atoms with E-state index in [0.717, 1.165) is 61.0 Å². The quantitative estimate of drug-likeness (QED) is 0.739. The lowest BCUT2D eigenvalue weighted by Gasteiger charge is -2.43. The van der Waals surface area contributed by atoms with Crippen molar-refractivity contribution in [2.75, 3.05) is 0 Å². The van der Waals surface area contributed by atoms with Crippen LogP contribution in [0.25, 0.3) is 5.69 Å². The lowest BCUT2D eigenvalue weighted by molar-refractivity contribution is 0.0816. The number of hydrogen-bond acceptors (Lipinski definition) is 2. The summed E-state index contributed by atoms with van der Waals surface area (Å²) in [4.78, 5) is 13.2. The van der Waals surface area contributed by atoms with Crippen LogP contribution in [0.3, 0.4) is 0 Å². The maximum absolute atomic E-state index is 13.3. The molecule has 0 atom stereocenters. The summed E-state index contributed by atoms with van der Waals surface area (Å²) >= 11 is 0. The zero-order chi connectivity index (χ0) is 19.1. The lowest BCUT2D eigenvalue weighted by atomic mass is 9.71. The van der Waals surface area contributed by atoms with Gasteiger partial charge in [0.05, 0.1) is 11.2 Å². The van der Waals surface area contributed by atoms with E-state index in [4.69, 9.17) is 0 Å². The SMILES string of the molecule is O=C(NC1(c2ccccc2)CCC1)c1nn(-c2ccc(F)cc2)c2c1CCC2. The second-order valence-electron chi connectivity index (χ2n) is 7.77. The molecular weight excluding hydrogens is 353 g/mol. The minimum atomic E-state index is -0.288. The first-order chi connectivity index (χ1) is 13.7. The zero-order valence-corrected chi connectivity index (χ0v) is 15.6. The zero-order valence-electron chi connectivity index (χ0n) is 15.6. The number of nitrogens with zero attached hydrogens (tertiary/aromatic N) is 2. The summed E-state index contributed by atoms with van der Waals surface area (Å²) in [6.07, 6.45) is 5.76. The molecule has 2 aliphatic carbocycles. The Hall–Kier alpha value is -2.95. The molecule has 28 heavy (non-hydrogen) atoms. The molecule has 1 saturated carbocycles. The van der Waals surface area contributed by atoms with Gasteiger partial charge in [-0.2, -0.15) is 5.10 Å². The number of benzene rings is 2. The third-order valence-corrected chi connectivity index (χ3v) is 6.10. The fraction of sp³-hybridized carbons (Fsp3) is 0.304. The van der Waals surface area contributed by atoms with E-state index in [1.807, 2.05) is 22.9 Å². The fourth-order valence-corrected chi connectivity index (χ4v) is 4.47. The van der Waals surface area contributed by atoms with E-state index < -0.39 is 0 Å². The average molecular weight is 375 g/mol. The number of halogens is 1. The van der Waals surface area contributed by atoms with E-state index in [1.165, 1.54) is 12.1 Å². The highest BCUT2D eigenvalue weighted by atomic mass is 19.1. The van der Waals surface area contributed by atoms with E-state index in [9.17, 15) is 9.18 Å². The Morgan fingerprint density at radius 1 is 1.00 bits per heavy atom. The van der Waals surface area contributed by atoms with Crippen LogP contribution in [0.4, 0.5) is 4.39 Å². The van der Waals surface area contributed by atoms with Crippen LogP contribution >= 0.6 is 0 Å². The van der Waals surface area contributed by atoms with Gasteiger partial charge in [0, 0.05) is 11.3 Å². The van der Waals surface area contributed by atoms with Crippen LogP contribution in [-0.2, 0) is 18.4 Å². The van der Waals surface area contributed by atoms with Gasteiger partial charge in [0.15, 0.2) is 5.69 Å². The number of hydrogen-bond donors (Lipinski definition) is 1. The number of carbonyl (C=O) groups excluding carboxylic acids is 1. The number of nitrogens with one attached hydrogen (secondary N) is 1. The Kier molecular flexibility index (Phi) is 4.04. The van der Waals surface area contributed by atoms with Crippen LogP contribution in [0.5, 0.6) is 0 Å². The fourth-order valence-electron chi connectivity index (χ4n) is 4.47. The molecule has 0 spiro atoms. The van der Waals surface area contributed by atoms with E-state index in [-0.39, 0.29) is 17.3 Å². The molecule has 5 rings (SSSR count). The summed E-state index contributed by atoms with van der Waals surface area (Å²) in [5.74, 6) is -0.386. The predicted octanol–water partition coefficient (Wildman–Crippen LogP) is 4.31. The van der Waals surface area contributed by atoms with Crippen molar-refractivity contribution in [2.24, 2.45) is 0 Å². The van der Waals surface area contributed by atoms with Crippen molar-refractivity contribution in [3.05, 3.63) is 82.9 Å². The van der Waals surface area contributed by atoms with E-state index in [2.05, 4.69) is 22.5 Å². The van der Waals surface area contributed by atoms with Gasteiger partial charge in [-0.25, -0.2) is 9.07 Å². The third-order valence-electron chi connectivity index (χ3n) is 6.10. The molecule has 0 radical (unpaired) electrons. The highest BCUT2D eigenvalue weighted by Gasteiger charge is 2.41. The van der Waals surface area contributed by atoms with E-state index in [0.29, 0.717) is 5.69 Å². The summed E-state index contributed by atoms with van der Waals surface area (Å²) in [6.45, 7) is 0. The molecule has 1 N–H and O–H groups in total. The molecular formula is C23H22FN3O. The van der Waals surface area contributed by atoms with Gasteiger partial charge in [-0.05, 0) is 68.4 Å². The first kappa shape index (κ1) is 17.2.